The van der Waals surface area contributed by atoms with Gasteiger partial charge >= 0.3 is 0 Å². The van der Waals surface area contributed by atoms with Crippen LogP contribution in [0, 0.1) is 6.92 Å². The number of rotatable bonds is 3. The molecule has 106 valence electrons. The lowest BCUT2D eigenvalue weighted by Crippen LogP contribution is -2.00. The number of aromatic nitrogens is 2. The normalized spacial score (nSPS) is 10.6. The first-order valence-corrected chi connectivity index (χ1v) is 8.23. The maximum absolute atomic E-state index is 4.77. The molecule has 0 unspecified atom stereocenters. The number of halogens is 1. The molecule has 0 aliphatic carbocycles. The minimum Gasteiger partial charge on any atom is -0.372 e. The Hall–Kier alpha value is -1.72. The molecular formula is C16H14BrN3S. The van der Waals surface area contributed by atoms with Crippen LogP contribution in [0.3, 0.4) is 0 Å². The Kier molecular flexibility index (Phi) is 4.03. The first-order valence-electron chi connectivity index (χ1n) is 6.56. The van der Waals surface area contributed by atoms with Crippen molar-refractivity contribution in [2.45, 2.75) is 6.92 Å². The second kappa shape index (κ2) is 5.95. The topological polar surface area (TPSA) is 37.8 Å². The SMILES string of the molecule is CNc1nc(-c2sccc2C)nc(-c2ccccc2)c1Br. The summed E-state index contributed by atoms with van der Waals surface area (Å²) in [5, 5.41) is 5.20. The highest BCUT2D eigenvalue weighted by atomic mass is 79.9. The van der Waals surface area contributed by atoms with Gasteiger partial charge in [0.1, 0.15) is 5.82 Å². The van der Waals surface area contributed by atoms with Crippen LogP contribution in [0.2, 0.25) is 0 Å². The number of thiophene rings is 1. The fourth-order valence-corrected chi connectivity index (χ4v) is 3.57. The highest BCUT2D eigenvalue weighted by Gasteiger charge is 2.15. The average molecular weight is 360 g/mol. The van der Waals surface area contributed by atoms with Crippen molar-refractivity contribution < 1.29 is 0 Å². The summed E-state index contributed by atoms with van der Waals surface area (Å²) in [7, 11) is 1.87. The van der Waals surface area contributed by atoms with Crippen LogP contribution in [-0.2, 0) is 0 Å². The second-order valence-electron chi connectivity index (χ2n) is 4.61. The molecule has 0 fully saturated rings. The zero-order valence-electron chi connectivity index (χ0n) is 11.7. The molecule has 21 heavy (non-hydrogen) atoms. The number of nitrogens with zero attached hydrogens (tertiary/aromatic N) is 2. The van der Waals surface area contributed by atoms with Crippen LogP contribution in [-0.4, -0.2) is 17.0 Å². The Bertz CT molecular complexity index is 768. The average Bonchev–Trinajstić information content (AvgIpc) is 2.94. The molecule has 0 aliphatic rings. The van der Waals surface area contributed by atoms with E-state index in [1.54, 1.807) is 11.3 Å². The lowest BCUT2D eigenvalue weighted by Gasteiger charge is -2.11. The summed E-state index contributed by atoms with van der Waals surface area (Å²) in [4.78, 5) is 10.5. The summed E-state index contributed by atoms with van der Waals surface area (Å²) in [5.74, 6) is 1.56. The minimum absolute atomic E-state index is 0.758. The van der Waals surface area contributed by atoms with Crippen molar-refractivity contribution in [2.75, 3.05) is 12.4 Å². The van der Waals surface area contributed by atoms with Crippen LogP contribution >= 0.6 is 27.3 Å². The molecule has 3 rings (SSSR count). The fourth-order valence-electron chi connectivity index (χ4n) is 2.10. The molecule has 1 aromatic carbocycles. The molecule has 0 radical (unpaired) electrons. The number of nitrogens with one attached hydrogen (secondary N) is 1. The van der Waals surface area contributed by atoms with Crippen LogP contribution in [0.15, 0.2) is 46.3 Å². The Balaban J connectivity index is 2.23. The molecule has 2 aromatic heterocycles. The zero-order chi connectivity index (χ0) is 14.8. The summed E-state index contributed by atoms with van der Waals surface area (Å²) < 4.78 is 0.883. The van der Waals surface area contributed by atoms with E-state index in [-0.39, 0.29) is 0 Å². The summed E-state index contributed by atoms with van der Waals surface area (Å²) in [6, 6.07) is 12.2. The largest absolute Gasteiger partial charge is 0.372 e. The Morgan fingerprint density at radius 3 is 2.48 bits per heavy atom. The second-order valence-corrected chi connectivity index (χ2v) is 6.32. The molecular weight excluding hydrogens is 346 g/mol. The highest BCUT2D eigenvalue weighted by Crippen LogP contribution is 2.35. The van der Waals surface area contributed by atoms with Crippen LogP contribution in [0.5, 0.6) is 0 Å². The van der Waals surface area contributed by atoms with Gasteiger partial charge in [-0.1, -0.05) is 30.3 Å². The fraction of sp³-hybridized carbons (Fsp3) is 0.125. The summed E-state index contributed by atoms with van der Waals surface area (Å²) >= 11 is 5.27. The number of benzene rings is 1. The van der Waals surface area contributed by atoms with Gasteiger partial charge in [-0.25, -0.2) is 9.97 Å². The summed E-state index contributed by atoms with van der Waals surface area (Å²) in [6.07, 6.45) is 0. The van der Waals surface area contributed by atoms with Crippen molar-refractivity contribution in [3.8, 4) is 22.0 Å². The smallest absolute Gasteiger partial charge is 0.172 e. The molecule has 1 N–H and O–H groups in total. The van der Waals surface area contributed by atoms with Gasteiger partial charge in [0.15, 0.2) is 5.82 Å². The van der Waals surface area contributed by atoms with Gasteiger partial charge in [0, 0.05) is 12.6 Å². The molecule has 5 heteroatoms. The van der Waals surface area contributed by atoms with Gasteiger partial charge in [0.2, 0.25) is 0 Å². The molecule has 3 nitrogen and oxygen atoms in total. The van der Waals surface area contributed by atoms with Gasteiger partial charge in [-0.3, -0.25) is 0 Å². The third kappa shape index (κ3) is 2.71. The van der Waals surface area contributed by atoms with E-state index in [1.165, 1.54) is 5.56 Å². The van der Waals surface area contributed by atoms with E-state index >= 15 is 0 Å². The van der Waals surface area contributed by atoms with E-state index in [2.05, 4.69) is 56.7 Å². The van der Waals surface area contributed by atoms with E-state index < -0.39 is 0 Å². The predicted octanol–water partition coefficient (Wildman–Crippen LogP) is 4.98. The van der Waals surface area contributed by atoms with E-state index in [1.807, 2.05) is 25.2 Å². The van der Waals surface area contributed by atoms with Gasteiger partial charge in [0.25, 0.3) is 0 Å². The standard InChI is InChI=1S/C16H14BrN3S/c1-10-8-9-21-14(10)16-19-13(11-6-4-3-5-7-11)12(17)15(18-2)20-16/h3-9H,1-2H3,(H,18,19,20). The van der Waals surface area contributed by atoms with Crippen LogP contribution < -0.4 is 5.32 Å². The van der Waals surface area contributed by atoms with Gasteiger partial charge < -0.3 is 5.32 Å². The van der Waals surface area contributed by atoms with Crippen LogP contribution in [0.4, 0.5) is 5.82 Å². The Labute approximate surface area is 136 Å². The van der Waals surface area contributed by atoms with Gasteiger partial charge in [-0.2, -0.15) is 0 Å². The van der Waals surface area contributed by atoms with Gasteiger partial charge in [0.05, 0.1) is 15.0 Å². The highest BCUT2D eigenvalue weighted by molar-refractivity contribution is 9.10. The molecule has 0 atom stereocenters. The Morgan fingerprint density at radius 1 is 1.10 bits per heavy atom. The van der Waals surface area contributed by atoms with Crippen LogP contribution in [0.1, 0.15) is 5.56 Å². The quantitative estimate of drug-likeness (QED) is 0.716. The first kappa shape index (κ1) is 14.2. The van der Waals surface area contributed by atoms with Gasteiger partial charge in [-0.15, -0.1) is 11.3 Å². The third-order valence-electron chi connectivity index (χ3n) is 3.20. The van der Waals surface area contributed by atoms with Crippen LogP contribution in [0.25, 0.3) is 22.0 Å². The summed E-state index contributed by atoms with van der Waals surface area (Å²) in [5.41, 5.74) is 3.17. The van der Waals surface area contributed by atoms with Crippen molar-refractivity contribution in [1.29, 1.82) is 0 Å². The number of hydrogen-bond acceptors (Lipinski definition) is 4. The molecule has 0 aliphatic heterocycles. The summed E-state index contributed by atoms with van der Waals surface area (Å²) in [6.45, 7) is 2.08. The monoisotopic (exact) mass is 359 g/mol. The van der Waals surface area contributed by atoms with E-state index in [4.69, 9.17) is 4.98 Å². The number of hydrogen-bond donors (Lipinski definition) is 1. The first-order chi connectivity index (χ1) is 10.2. The minimum atomic E-state index is 0.758. The van der Waals surface area contributed by atoms with E-state index in [0.717, 1.165) is 32.2 Å². The number of anilines is 1. The zero-order valence-corrected chi connectivity index (χ0v) is 14.1. The molecule has 0 bridgehead atoms. The maximum Gasteiger partial charge on any atom is 0.172 e. The molecule has 2 heterocycles. The van der Waals surface area contributed by atoms with E-state index in [0.29, 0.717) is 0 Å². The molecule has 0 amide bonds. The lowest BCUT2D eigenvalue weighted by atomic mass is 10.1. The van der Waals surface area contributed by atoms with Crippen molar-refractivity contribution in [2.24, 2.45) is 0 Å². The molecule has 0 saturated heterocycles. The molecule has 0 saturated carbocycles. The molecule has 0 spiro atoms. The predicted molar refractivity (Wildman–Crippen MR) is 92.8 cm³/mol. The lowest BCUT2D eigenvalue weighted by molar-refractivity contribution is 1.16. The van der Waals surface area contributed by atoms with E-state index in [9.17, 15) is 0 Å². The molecule has 3 aromatic rings. The van der Waals surface area contributed by atoms with Crippen molar-refractivity contribution in [3.63, 3.8) is 0 Å². The van der Waals surface area contributed by atoms with Gasteiger partial charge in [-0.05, 0) is 39.9 Å². The van der Waals surface area contributed by atoms with Crippen molar-refractivity contribution in [1.82, 2.24) is 9.97 Å². The third-order valence-corrected chi connectivity index (χ3v) is 4.96. The maximum atomic E-state index is 4.77. The Morgan fingerprint density at radius 2 is 1.86 bits per heavy atom. The van der Waals surface area contributed by atoms with Crippen molar-refractivity contribution >= 4 is 33.1 Å². The number of aryl methyl sites for hydroxylation is 1. The van der Waals surface area contributed by atoms with Crippen molar-refractivity contribution in [3.05, 3.63) is 51.8 Å².